The molecule has 0 aliphatic heterocycles. The number of quaternary nitrogens is 1. The van der Waals surface area contributed by atoms with Crippen molar-refractivity contribution in [2.75, 3.05) is 6.54 Å². The number of halogens is 1. The predicted molar refractivity (Wildman–Crippen MR) is 74.1 cm³/mol. The maximum absolute atomic E-state index is 13.6. The lowest BCUT2D eigenvalue weighted by Crippen LogP contribution is -2.82. The molecular weight excluding hydrogens is 241 g/mol. The molecule has 1 aromatic heterocycles. The largest absolute Gasteiger partial charge is 0.455 e. The van der Waals surface area contributed by atoms with Crippen molar-refractivity contribution in [1.29, 1.82) is 0 Å². The summed E-state index contributed by atoms with van der Waals surface area (Å²) >= 11 is 0. The van der Waals surface area contributed by atoms with Gasteiger partial charge in [-0.25, -0.2) is 4.39 Å². The monoisotopic (exact) mass is 262 g/mol. The molecule has 0 saturated heterocycles. The topological polar surface area (TPSA) is 29.8 Å². The van der Waals surface area contributed by atoms with Crippen LogP contribution in [-0.2, 0) is 6.54 Å². The fourth-order valence-corrected chi connectivity index (χ4v) is 2.08. The van der Waals surface area contributed by atoms with Crippen LogP contribution in [0, 0.1) is 5.82 Å². The molecule has 0 aliphatic rings. The number of hydrogen-bond acceptors (Lipinski definition) is 1. The van der Waals surface area contributed by atoms with Gasteiger partial charge in [0.15, 0.2) is 5.76 Å². The zero-order valence-corrected chi connectivity index (χ0v) is 11.4. The third-order valence-electron chi connectivity index (χ3n) is 3.16. The highest BCUT2D eigenvalue weighted by atomic mass is 19.1. The molecule has 0 fully saturated rings. The summed E-state index contributed by atoms with van der Waals surface area (Å²) in [6, 6.07) is 10.5. The first kappa shape index (κ1) is 13.8. The third kappa shape index (κ3) is 3.93. The predicted octanol–water partition coefficient (Wildman–Crippen LogP) is 3.34. The van der Waals surface area contributed by atoms with Crippen molar-refractivity contribution in [2.24, 2.45) is 0 Å². The fraction of sp³-hybridized carbons (Fsp3) is 0.375. The Balaban J connectivity index is 1.91. The number of nitrogens with two attached hydrogens (primary N) is 1. The molecule has 1 heterocycles. The van der Waals surface area contributed by atoms with E-state index in [2.05, 4.69) is 12.2 Å². The van der Waals surface area contributed by atoms with Gasteiger partial charge in [-0.1, -0.05) is 25.5 Å². The van der Waals surface area contributed by atoms with Crippen LogP contribution in [-0.4, -0.2) is 6.54 Å². The van der Waals surface area contributed by atoms with Crippen LogP contribution < -0.4 is 5.32 Å². The number of benzene rings is 1. The van der Waals surface area contributed by atoms with Gasteiger partial charge in [-0.15, -0.1) is 0 Å². The second kappa shape index (κ2) is 7.10. The van der Waals surface area contributed by atoms with Gasteiger partial charge in [0.1, 0.15) is 18.1 Å². The van der Waals surface area contributed by atoms with E-state index >= 15 is 0 Å². The van der Waals surface area contributed by atoms with Crippen LogP contribution in [0.25, 0.3) is 11.3 Å². The smallest absolute Gasteiger partial charge is 0.158 e. The summed E-state index contributed by atoms with van der Waals surface area (Å²) in [6.45, 7) is 4.13. The molecule has 2 rings (SSSR count). The lowest BCUT2D eigenvalue weighted by Gasteiger charge is -2.00. The zero-order valence-electron chi connectivity index (χ0n) is 11.4. The number of furan rings is 1. The van der Waals surface area contributed by atoms with Crippen LogP contribution >= 0.6 is 0 Å². The molecule has 2 N–H and O–H groups in total. The van der Waals surface area contributed by atoms with E-state index < -0.39 is 0 Å². The SMILES string of the molecule is CCCCC[NH2+]Cc1ccc(-c2ccccc2F)o1. The molecule has 2 nitrogen and oxygen atoms in total. The molecule has 19 heavy (non-hydrogen) atoms. The summed E-state index contributed by atoms with van der Waals surface area (Å²) in [5.74, 6) is 1.26. The van der Waals surface area contributed by atoms with Crippen LogP contribution in [0.3, 0.4) is 0 Å². The van der Waals surface area contributed by atoms with Crippen LogP contribution in [0.15, 0.2) is 40.8 Å². The summed E-state index contributed by atoms with van der Waals surface area (Å²) in [7, 11) is 0. The summed E-state index contributed by atoms with van der Waals surface area (Å²) < 4.78 is 19.3. The zero-order chi connectivity index (χ0) is 13.5. The Morgan fingerprint density at radius 1 is 1.11 bits per heavy atom. The Labute approximate surface area is 113 Å². The molecule has 0 aliphatic carbocycles. The van der Waals surface area contributed by atoms with Gasteiger partial charge in [-0.3, -0.25) is 0 Å². The molecule has 0 amide bonds. The van der Waals surface area contributed by atoms with Crippen molar-refractivity contribution >= 4 is 0 Å². The highest BCUT2D eigenvalue weighted by Crippen LogP contribution is 2.24. The van der Waals surface area contributed by atoms with Gasteiger partial charge in [0.25, 0.3) is 0 Å². The van der Waals surface area contributed by atoms with E-state index in [4.69, 9.17) is 4.42 Å². The first-order valence-electron chi connectivity index (χ1n) is 6.96. The summed E-state index contributed by atoms with van der Waals surface area (Å²) in [4.78, 5) is 0. The minimum Gasteiger partial charge on any atom is -0.455 e. The molecule has 0 saturated carbocycles. The molecule has 102 valence electrons. The quantitative estimate of drug-likeness (QED) is 0.762. The van der Waals surface area contributed by atoms with Crippen molar-refractivity contribution in [3.63, 3.8) is 0 Å². The van der Waals surface area contributed by atoms with E-state index in [1.54, 1.807) is 12.1 Å². The van der Waals surface area contributed by atoms with E-state index in [9.17, 15) is 4.39 Å². The van der Waals surface area contributed by atoms with Crippen molar-refractivity contribution < 1.29 is 14.1 Å². The third-order valence-corrected chi connectivity index (χ3v) is 3.16. The Morgan fingerprint density at radius 3 is 2.74 bits per heavy atom. The van der Waals surface area contributed by atoms with Gasteiger partial charge in [0, 0.05) is 0 Å². The Bertz CT molecular complexity index is 507. The lowest BCUT2D eigenvalue weighted by molar-refractivity contribution is -0.672. The highest BCUT2D eigenvalue weighted by Gasteiger charge is 2.09. The first-order valence-corrected chi connectivity index (χ1v) is 6.96. The van der Waals surface area contributed by atoms with E-state index in [-0.39, 0.29) is 5.82 Å². The maximum Gasteiger partial charge on any atom is 0.158 e. The van der Waals surface area contributed by atoms with Crippen molar-refractivity contribution in [2.45, 2.75) is 32.7 Å². The lowest BCUT2D eigenvalue weighted by atomic mass is 10.1. The number of unbranched alkanes of at least 4 members (excludes halogenated alkanes) is 2. The van der Waals surface area contributed by atoms with E-state index in [0.29, 0.717) is 11.3 Å². The minimum absolute atomic E-state index is 0.240. The fourth-order valence-electron chi connectivity index (χ4n) is 2.08. The van der Waals surface area contributed by atoms with Gasteiger partial charge in [-0.05, 0) is 37.1 Å². The van der Waals surface area contributed by atoms with Crippen molar-refractivity contribution in [1.82, 2.24) is 0 Å². The second-order valence-corrected chi connectivity index (χ2v) is 4.73. The second-order valence-electron chi connectivity index (χ2n) is 4.73. The van der Waals surface area contributed by atoms with E-state index in [1.807, 2.05) is 18.2 Å². The van der Waals surface area contributed by atoms with Gasteiger partial charge < -0.3 is 9.73 Å². The van der Waals surface area contributed by atoms with Crippen LogP contribution in [0.1, 0.15) is 31.9 Å². The van der Waals surface area contributed by atoms with Crippen LogP contribution in [0.5, 0.6) is 0 Å². The van der Waals surface area contributed by atoms with Gasteiger partial charge in [0.05, 0.1) is 12.1 Å². The normalized spacial score (nSPS) is 10.8. The standard InChI is InChI=1S/C16H20FNO/c1-2-3-6-11-18-12-13-9-10-16(19-13)14-7-4-5-8-15(14)17/h4-5,7-10,18H,2-3,6,11-12H2,1H3/p+1. The summed E-state index contributed by atoms with van der Waals surface area (Å²) in [5, 5.41) is 2.24. The highest BCUT2D eigenvalue weighted by molar-refractivity contribution is 5.58. The maximum atomic E-state index is 13.6. The van der Waals surface area contributed by atoms with Crippen molar-refractivity contribution in [3.05, 3.63) is 48.0 Å². The molecule has 0 unspecified atom stereocenters. The summed E-state index contributed by atoms with van der Waals surface area (Å²) in [6.07, 6.45) is 3.75. The number of hydrogen-bond donors (Lipinski definition) is 1. The Kier molecular flexibility index (Phi) is 5.16. The molecule has 1 aromatic carbocycles. The number of rotatable bonds is 7. The first-order chi connectivity index (χ1) is 9.31. The van der Waals surface area contributed by atoms with E-state index in [0.717, 1.165) is 18.8 Å². The van der Waals surface area contributed by atoms with Gasteiger partial charge in [-0.2, -0.15) is 0 Å². The van der Waals surface area contributed by atoms with Crippen LogP contribution in [0.4, 0.5) is 4.39 Å². The molecule has 0 spiro atoms. The Hall–Kier alpha value is -1.61. The molecule has 2 aromatic rings. The molecule has 0 atom stereocenters. The van der Waals surface area contributed by atoms with E-state index in [1.165, 1.54) is 25.3 Å². The van der Waals surface area contributed by atoms with Crippen LogP contribution in [0.2, 0.25) is 0 Å². The van der Waals surface area contributed by atoms with Gasteiger partial charge >= 0.3 is 0 Å². The van der Waals surface area contributed by atoms with Crippen molar-refractivity contribution in [3.8, 4) is 11.3 Å². The Morgan fingerprint density at radius 2 is 1.95 bits per heavy atom. The van der Waals surface area contributed by atoms with Gasteiger partial charge in [0.2, 0.25) is 0 Å². The summed E-state index contributed by atoms with van der Waals surface area (Å²) in [5.41, 5.74) is 0.528. The average Bonchev–Trinajstić information content (AvgIpc) is 2.88. The average molecular weight is 262 g/mol. The molecule has 0 radical (unpaired) electrons. The molecule has 0 bridgehead atoms. The molecule has 3 heteroatoms. The minimum atomic E-state index is -0.240. The molecular formula is C16H21FNO+.